The van der Waals surface area contributed by atoms with E-state index in [4.69, 9.17) is 23.7 Å². The second kappa shape index (κ2) is 11.9. The normalized spacial score (nSPS) is 10.3. The lowest BCUT2D eigenvalue weighted by atomic mass is 10.2. The molecule has 0 atom stereocenters. The smallest absolute Gasteiger partial charge is 0.150 e. The van der Waals surface area contributed by atoms with Crippen molar-refractivity contribution in [3.8, 4) is 17.2 Å². The van der Waals surface area contributed by atoms with Crippen LogP contribution in [0.3, 0.4) is 0 Å². The summed E-state index contributed by atoms with van der Waals surface area (Å²) in [7, 11) is 1.62. The van der Waals surface area contributed by atoms with Crippen molar-refractivity contribution in [3.05, 3.63) is 54.1 Å². The van der Waals surface area contributed by atoms with E-state index in [1.807, 2.05) is 24.3 Å². The number of benzene rings is 2. The van der Waals surface area contributed by atoms with Gasteiger partial charge >= 0.3 is 0 Å². The molecule has 0 heterocycles. The predicted octanol–water partition coefficient (Wildman–Crippen LogP) is 3.00. The highest BCUT2D eigenvalue weighted by atomic mass is 16.6. The predicted molar refractivity (Wildman–Crippen MR) is 97.5 cm³/mol. The number of methoxy groups -OCH3 is 1. The second-order valence-corrected chi connectivity index (χ2v) is 5.29. The molecule has 6 nitrogen and oxygen atoms in total. The van der Waals surface area contributed by atoms with Crippen LogP contribution < -0.4 is 14.2 Å². The topological polar surface area (TPSA) is 63.2 Å². The van der Waals surface area contributed by atoms with Gasteiger partial charge in [0.1, 0.15) is 36.7 Å². The summed E-state index contributed by atoms with van der Waals surface area (Å²) in [5.41, 5.74) is 0.591. The molecule has 0 unspecified atom stereocenters. The van der Waals surface area contributed by atoms with Crippen molar-refractivity contribution < 1.29 is 28.5 Å². The van der Waals surface area contributed by atoms with Crippen LogP contribution in [0.2, 0.25) is 0 Å². The van der Waals surface area contributed by atoms with Crippen molar-refractivity contribution in [2.75, 3.05) is 46.8 Å². The summed E-state index contributed by atoms with van der Waals surface area (Å²) in [5.74, 6) is 2.17. The van der Waals surface area contributed by atoms with Crippen LogP contribution in [0.25, 0.3) is 0 Å². The minimum absolute atomic E-state index is 0.418. The molecule has 26 heavy (non-hydrogen) atoms. The molecule has 0 bridgehead atoms. The molecule has 2 rings (SSSR count). The number of carbonyl (C=O) groups excluding carboxylic acids is 1. The number of ether oxygens (including phenoxy) is 5. The fourth-order valence-corrected chi connectivity index (χ4v) is 2.13. The summed E-state index contributed by atoms with van der Waals surface area (Å²) in [6.45, 7) is 2.79. The van der Waals surface area contributed by atoms with Crippen molar-refractivity contribution >= 4 is 6.29 Å². The third kappa shape index (κ3) is 7.55. The first-order valence-electron chi connectivity index (χ1n) is 8.42. The maximum atomic E-state index is 10.7. The Morgan fingerprint density at radius 2 is 1.27 bits per heavy atom. The lowest BCUT2D eigenvalue weighted by Gasteiger charge is -2.09. The molecule has 0 aliphatic heterocycles. The van der Waals surface area contributed by atoms with Crippen LogP contribution >= 0.6 is 0 Å². The molecular formula is C20H24O6. The molecule has 0 aromatic heterocycles. The van der Waals surface area contributed by atoms with E-state index in [0.29, 0.717) is 51.0 Å². The summed E-state index contributed by atoms with van der Waals surface area (Å²) >= 11 is 0. The zero-order chi connectivity index (χ0) is 18.5. The van der Waals surface area contributed by atoms with Crippen molar-refractivity contribution in [2.45, 2.75) is 0 Å². The molecule has 0 amide bonds. The molecule has 0 saturated carbocycles. The van der Waals surface area contributed by atoms with Crippen molar-refractivity contribution in [1.29, 1.82) is 0 Å². The van der Waals surface area contributed by atoms with Gasteiger partial charge in [-0.15, -0.1) is 0 Å². The number of hydrogen-bond acceptors (Lipinski definition) is 6. The molecule has 2 aromatic carbocycles. The molecule has 0 fully saturated rings. The fourth-order valence-electron chi connectivity index (χ4n) is 2.13. The van der Waals surface area contributed by atoms with Crippen molar-refractivity contribution in [2.24, 2.45) is 0 Å². The van der Waals surface area contributed by atoms with Gasteiger partial charge in [0, 0.05) is 11.6 Å². The second-order valence-electron chi connectivity index (χ2n) is 5.29. The average Bonchev–Trinajstić information content (AvgIpc) is 2.69. The Bertz CT molecular complexity index is 658. The zero-order valence-corrected chi connectivity index (χ0v) is 14.9. The lowest BCUT2D eigenvalue weighted by molar-refractivity contribution is 0.0273. The Kier molecular flexibility index (Phi) is 9.03. The molecular weight excluding hydrogens is 336 g/mol. The average molecular weight is 360 g/mol. The van der Waals surface area contributed by atoms with Crippen LogP contribution in [-0.4, -0.2) is 53.0 Å². The van der Waals surface area contributed by atoms with E-state index in [1.54, 1.807) is 31.4 Å². The summed E-state index contributed by atoms with van der Waals surface area (Å²) < 4.78 is 27.1. The maximum absolute atomic E-state index is 10.7. The van der Waals surface area contributed by atoms with Crippen LogP contribution in [0.15, 0.2) is 48.5 Å². The van der Waals surface area contributed by atoms with Crippen LogP contribution in [0.4, 0.5) is 0 Å². The van der Waals surface area contributed by atoms with Gasteiger partial charge in [-0.25, -0.2) is 0 Å². The fraction of sp³-hybridized carbons (Fsp3) is 0.350. The molecule has 140 valence electrons. The SMILES string of the molecule is COc1cccc(OCCOCCOCCOc2cccc(C=O)c2)c1. The molecule has 6 heteroatoms. The Morgan fingerprint density at radius 3 is 1.88 bits per heavy atom. The summed E-state index contributed by atoms with van der Waals surface area (Å²) in [4.78, 5) is 10.7. The summed E-state index contributed by atoms with van der Waals surface area (Å²) in [6.07, 6.45) is 0.790. The lowest BCUT2D eigenvalue weighted by Crippen LogP contribution is -2.13. The van der Waals surface area contributed by atoms with Gasteiger partial charge in [-0.1, -0.05) is 18.2 Å². The van der Waals surface area contributed by atoms with E-state index in [0.717, 1.165) is 17.8 Å². The summed E-state index contributed by atoms with van der Waals surface area (Å²) in [5, 5.41) is 0. The van der Waals surface area contributed by atoms with Gasteiger partial charge in [0.05, 0.1) is 33.5 Å². The molecule has 0 radical (unpaired) electrons. The molecule has 0 aliphatic carbocycles. The zero-order valence-electron chi connectivity index (χ0n) is 14.9. The molecule has 0 aliphatic rings. The quantitative estimate of drug-likeness (QED) is 0.404. The van der Waals surface area contributed by atoms with E-state index < -0.39 is 0 Å². The van der Waals surface area contributed by atoms with Crippen LogP contribution in [0.5, 0.6) is 17.2 Å². The number of carbonyl (C=O) groups is 1. The Morgan fingerprint density at radius 1 is 0.731 bits per heavy atom. The van der Waals surface area contributed by atoms with E-state index >= 15 is 0 Å². The Balaban J connectivity index is 1.45. The van der Waals surface area contributed by atoms with Crippen LogP contribution in [-0.2, 0) is 9.47 Å². The van der Waals surface area contributed by atoms with Gasteiger partial charge < -0.3 is 23.7 Å². The van der Waals surface area contributed by atoms with E-state index in [9.17, 15) is 4.79 Å². The van der Waals surface area contributed by atoms with E-state index in [1.165, 1.54) is 0 Å². The number of aldehydes is 1. The number of hydrogen-bond donors (Lipinski definition) is 0. The van der Waals surface area contributed by atoms with Gasteiger partial charge in [0.25, 0.3) is 0 Å². The first-order valence-corrected chi connectivity index (χ1v) is 8.42. The maximum Gasteiger partial charge on any atom is 0.150 e. The van der Waals surface area contributed by atoms with Crippen LogP contribution in [0.1, 0.15) is 10.4 Å². The minimum Gasteiger partial charge on any atom is -0.497 e. The highest BCUT2D eigenvalue weighted by Crippen LogP contribution is 2.18. The monoisotopic (exact) mass is 360 g/mol. The molecule has 0 spiro atoms. The standard InChI is InChI=1S/C20H24O6/c1-22-18-5-3-7-20(15-18)26-13-11-24-9-8-23-10-12-25-19-6-2-4-17(14-19)16-21/h2-7,14-16H,8-13H2,1H3. The largest absolute Gasteiger partial charge is 0.497 e. The van der Waals surface area contributed by atoms with Gasteiger partial charge in [-0.05, 0) is 24.3 Å². The molecule has 2 aromatic rings. The third-order valence-corrected chi connectivity index (χ3v) is 3.40. The van der Waals surface area contributed by atoms with Gasteiger partial charge in [0.2, 0.25) is 0 Å². The van der Waals surface area contributed by atoms with E-state index in [2.05, 4.69) is 0 Å². The van der Waals surface area contributed by atoms with Crippen molar-refractivity contribution in [3.63, 3.8) is 0 Å². The third-order valence-electron chi connectivity index (χ3n) is 3.40. The van der Waals surface area contributed by atoms with E-state index in [-0.39, 0.29) is 0 Å². The highest BCUT2D eigenvalue weighted by Gasteiger charge is 1.98. The summed E-state index contributed by atoms with van der Waals surface area (Å²) in [6, 6.07) is 14.4. The Labute approximate surface area is 153 Å². The first-order chi connectivity index (χ1) is 12.8. The highest BCUT2D eigenvalue weighted by molar-refractivity contribution is 5.75. The van der Waals surface area contributed by atoms with Gasteiger partial charge in [-0.3, -0.25) is 4.79 Å². The number of rotatable bonds is 13. The van der Waals surface area contributed by atoms with Crippen LogP contribution in [0, 0.1) is 0 Å². The van der Waals surface area contributed by atoms with Gasteiger partial charge in [0.15, 0.2) is 0 Å². The minimum atomic E-state index is 0.418. The first kappa shape index (κ1) is 19.8. The van der Waals surface area contributed by atoms with Gasteiger partial charge in [-0.2, -0.15) is 0 Å². The van der Waals surface area contributed by atoms with Crippen molar-refractivity contribution in [1.82, 2.24) is 0 Å². The molecule has 0 saturated heterocycles. The Hall–Kier alpha value is -2.57. The molecule has 0 N–H and O–H groups in total.